The van der Waals surface area contributed by atoms with Crippen molar-refractivity contribution in [2.24, 2.45) is 0 Å². The Labute approximate surface area is 178 Å². The highest BCUT2D eigenvalue weighted by molar-refractivity contribution is 7.71. The van der Waals surface area contributed by atoms with E-state index in [0.29, 0.717) is 42.7 Å². The van der Waals surface area contributed by atoms with Gasteiger partial charge in [0.15, 0.2) is 22.1 Å². The monoisotopic (exact) mass is 426 g/mol. The Kier molecular flexibility index (Phi) is 5.99. The summed E-state index contributed by atoms with van der Waals surface area (Å²) < 4.78 is 18.6. The predicted molar refractivity (Wildman–Crippen MR) is 113 cm³/mol. The zero-order valence-corrected chi connectivity index (χ0v) is 17.3. The first kappa shape index (κ1) is 20.0. The van der Waals surface area contributed by atoms with E-state index >= 15 is 0 Å². The van der Waals surface area contributed by atoms with Crippen molar-refractivity contribution in [1.29, 1.82) is 0 Å². The molecule has 30 heavy (non-hydrogen) atoms. The molecule has 0 saturated heterocycles. The molecular formula is C21H22N4O4S. The molecule has 9 heteroatoms. The van der Waals surface area contributed by atoms with Gasteiger partial charge in [0.1, 0.15) is 25.5 Å². The van der Waals surface area contributed by atoms with Crippen LogP contribution in [0.15, 0.2) is 42.5 Å². The Hall–Kier alpha value is -3.33. The minimum absolute atomic E-state index is 0.0580. The van der Waals surface area contributed by atoms with Crippen LogP contribution in [0.5, 0.6) is 17.2 Å². The van der Waals surface area contributed by atoms with Crippen LogP contribution in [0.1, 0.15) is 12.5 Å². The van der Waals surface area contributed by atoms with Gasteiger partial charge < -0.3 is 19.5 Å². The molecule has 4 rings (SSSR count). The topological polar surface area (TPSA) is 90.4 Å². The van der Waals surface area contributed by atoms with Crippen LogP contribution in [0.3, 0.4) is 0 Å². The average Bonchev–Trinajstić information content (AvgIpc) is 3.13. The highest BCUT2D eigenvalue weighted by Gasteiger charge is 2.14. The van der Waals surface area contributed by atoms with Crippen LogP contribution in [0.25, 0.3) is 11.4 Å². The van der Waals surface area contributed by atoms with Crippen molar-refractivity contribution in [3.63, 3.8) is 0 Å². The van der Waals surface area contributed by atoms with Crippen molar-refractivity contribution in [3.8, 4) is 28.6 Å². The van der Waals surface area contributed by atoms with Gasteiger partial charge in [0.25, 0.3) is 0 Å². The second-order valence-corrected chi connectivity index (χ2v) is 7.04. The number of carbonyl (C=O) groups excluding carboxylic acids is 1. The molecule has 1 aliphatic heterocycles. The van der Waals surface area contributed by atoms with Crippen LogP contribution in [0.2, 0.25) is 0 Å². The van der Waals surface area contributed by atoms with Gasteiger partial charge in [0.05, 0.1) is 6.61 Å². The quantitative estimate of drug-likeness (QED) is 0.565. The first-order chi connectivity index (χ1) is 14.6. The maximum absolute atomic E-state index is 12.6. The van der Waals surface area contributed by atoms with Gasteiger partial charge in [-0.2, -0.15) is 5.10 Å². The van der Waals surface area contributed by atoms with Crippen LogP contribution >= 0.6 is 12.2 Å². The lowest BCUT2D eigenvalue weighted by Gasteiger charge is -2.19. The van der Waals surface area contributed by atoms with Crippen LogP contribution in [-0.2, 0) is 17.9 Å². The Morgan fingerprint density at radius 2 is 1.97 bits per heavy atom. The first-order valence-electron chi connectivity index (χ1n) is 9.67. The normalized spacial score (nSPS) is 12.4. The fourth-order valence-electron chi connectivity index (χ4n) is 3.15. The predicted octanol–water partition coefficient (Wildman–Crippen LogP) is 3.09. The summed E-state index contributed by atoms with van der Waals surface area (Å²) in [6, 6.07) is 13.1. The third-order valence-electron chi connectivity index (χ3n) is 4.58. The summed E-state index contributed by atoms with van der Waals surface area (Å²) in [5, 5.41) is 9.95. The lowest BCUT2D eigenvalue weighted by molar-refractivity contribution is -0.121. The SMILES string of the molecule is CCOc1ccc(-c2n[nH]c(=S)n2CC(=O)NCc2ccc3c(c2)OCCO3)cc1. The highest BCUT2D eigenvalue weighted by atomic mass is 32.1. The van der Waals surface area contributed by atoms with E-state index in [0.717, 1.165) is 22.6 Å². The number of rotatable bonds is 7. The molecule has 3 aromatic rings. The van der Waals surface area contributed by atoms with E-state index in [4.69, 9.17) is 26.4 Å². The second kappa shape index (κ2) is 9.00. The minimum Gasteiger partial charge on any atom is -0.494 e. The number of carbonyl (C=O) groups is 1. The Morgan fingerprint density at radius 1 is 1.20 bits per heavy atom. The molecule has 0 atom stereocenters. The summed E-state index contributed by atoms with van der Waals surface area (Å²) in [5.41, 5.74) is 1.76. The van der Waals surface area contributed by atoms with E-state index < -0.39 is 0 Å². The standard InChI is InChI=1S/C21H22N4O4S/c1-2-27-16-6-4-15(5-7-16)20-23-24-21(30)25(20)13-19(26)22-12-14-3-8-17-18(11-14)29-10-9-28-17/h3-8,11H,2,9-10,12-13H2,1H3,(H,22,26)(H,24,30). The van der Waals surface area contributed by atoms with Crippen molar-refractivity contribution >= 4 is 18.1 Å². The molecule has 0 aliphatic carbocycles. The highest BCUT2D eigenvalue weighted by Crippen LogP contribution is 2.30. The van der Waals surface area contributed by atoms with E-state index in [1.165, 1.54) is 0 Å². The summed E-state index contributed by atoms with van der Waals surface area (Å²) in [6.07, 6.45) is 0. The number of hydrogen-bond acceptors (Lipinski definition) is 6. The molecule has 0 fully saturated rings. The number of nitrogens with one attached hydrogen (secondary N) is 2. The fourth-order valence-corrected chi connectivity index (χ4v) is 3.35. The zero-order valence-electron chi connectivity index (χ0n) is 16.5. The Bertz CT molecular complexity index is 1090. The Morgan fingerprint density at radius 3 is 2.73 bits per heavy atom. The lowest BCUT2D eigenvalue weighted by Crippen LogP contribution is -2.27. The van der Waals surface area contributed by atoms with Crippen LogP contribution in [0, 0.1) is 4.77 Å². The molecule has 0 spiro atoms. The van der Waals surface area contributed by atoms with Gasteiger partial charge in [-0.25, -0.2) is 0 Å². The fraction of sp³-hybridized carbons (Fsp3) is 0.286. The third kappa shape index (κ3) is 4.46. The van der Waals surface area contributed by atoms with E-state index in [1.807, 2.05) is 49.4 Å². The summed E-state index contributed by atoms with van der Waals surface area (Å²) in [5.74, 6) is 2.62. The molecule has 2 N–H and O–H groups in total. The molecule has 2 aromatic carbocycles. The number of ether oxygens (including phenoxy) is 3. The summed E-state index contributed by atoms with van der Waals surface area (Å²) in [7, 11) is 0. The number of aromatic nitrogens is 3. The number of hydrogen-bond donors (Lipinski definition) is 2. The van der Waals surface area contributed by atoms with Gasteiger partial charge in [0, 0.05) is 12.1 Å². The molecule has 0 saturated carbocycles. The number of H-pyrrole nitrogens is 1. The van der Waals surface area contributed by atoms with Gasteiger partial charge in [-0.15, -0.1) is 0 Å². The molecule has 0 unspecified atom stereocenters. The van der Waals surface area contributed by atoms with Gasteiger partial charge in [-0.05, 0) is 61.1 Å². The molecule has 0 radical (unpaired) electrons. The number of fused-ring (bicyclic) bond motifs is 1. The number of aromatic amines is 1. The second-order valence-electron chi connectivity index (χ2n) is 6.65. The van der Waals surface area contributed by atoms with Crippen molar-refractivity contribution in [3.05, 3.63) is 52.8 Å². The third-order valence-corrected chi connectivity index (χ3v) is 4.89. The minimum atomic E-state index is -0.172. The molecule has 8 nitrogen and oxygen atoms in total. The molecule has 1 amide bonds. The molecule has 0 bridgehead atoms. The maximum atomic E-state index is 12.6. The van der Waals surface area contributed by atoms with E-state index in [-0.39, 0.29) is 12.5 Å². The number of amides is 1. The number of nitrogens with zero attached hydrogens (tertiary/aromatic N) is 2. The molecule has 1 aromatic heterocycles. The van der Waals surface area contributed by atoms with Crippen molar-refractivity contribution in [2.75, 3.05) is 19.8 Å². The van der Waals surface area contributed by atoms with Crippen molar-refractivity contribution < 1.29 is 19.0 Å². The smallest absolute Gasteiger partial charge is 0.240 e. The van der Waals surface area contributed by atoms with E-state index in [2.05, 4.69) is 15.5 Å². The van der Waals surface area contributed by atoms with Crippen molar-refractivity contribution in [2.45, 2.75) is 20.0 Å². The Balaban J connectivity index is 1.42. The molecule has 2 heterocycles. The van der Waals surface area contributed by atoms with Crippen LogP contribution in [-0.4, -0.2) is 40.5 Å². The average molecular weight is 426 g/mol. The van der Waals surface area contributed by atoms with Crippen LogP contribution < -0.4 is 19.5 Å². The van der Waals surface area contributed by atoms with Crippen molar-refractivity contribution in [1.82, 2.24) is 20.1 Å². The van der Waals surface area contributed by atoms with Crippen LogP contribution in [0.4, 0.5) is 0 Å². The van der Waals surface area contributed by atoms with Gasteiger partial charge in [-0.1, -0.05) is 6.07 Å². The summed E-state index contributed by atoms with van der Waals surface area (Å²) in [6.45, 7) is 4.03. The molecule has 156 valence electrons. The molecule has 1 aliphatic rings. The summed E-state index contributed by atoms with van der Waals surface area (Å²) in [4.78, 5) is 12.6. The largest absolute Gasteiger partial charge is 0.494 e. The van der Waals surface area contributed by atoms with Gasteiger partial charge >= 0.3 is 0 Å². The summed E-state index contributed by atoms with van der Waals surface area (Å²) >= 11 is 5.31. The van der Waals surface area contributed by atoms with Gasteiger partial charge in [-0.3, -0.25) is 14.5 Å². The lowest BCUT2D eigenvalue weighted by atomic mass is 10.2. The zero-order chi connectivity index (χ0) is 20.9. The number of benzene rings is 2. The van der Waals surface area contributed by atoms with E-state index in [9.17, 15) is 4.79 Å². The van der Waals surface area contributed by atoms with Gasteiger partial charge in [0.2, 0.25) is 5.91 Å². The maximum Gasteiger partial charge on any atom is 0.240 e. The van der Waals surface area contributed by atoms with E-state index in [1.54, 1.807) is 4.57 Å². The molecular weight excluding hydrogens is 404 g/mol. The first-order valence-corrected chi connectivity index (χ1v) is 10.1.